The molecule has 2 aromatic rings. The van der Waals surface area contributed by atoms with E-state index in [1.807, 2.05) is 0 Å². The van der Waals surface area contributed by atoms with Crippen molar-refractivity contribution in [1.82, 2.24) is 4.98 Å². The van der Waals surface area contributed by atoms with Crippen LogP contribution in [0, 0.1) is 15.9 Å². The van der Waals surface area contributed by atoms with Crippen molar-refractivity contribution in [3.05, 3.63) is 56.4 Å². The van der Waals surface area contributed by atoms with Gasteiger partial charge in [-0.2, -0.15) is 0 Å². The number of nitrogen functional groups attached to an aromatic ring is 1. The summed E-state index contributed by atoms with van der Waals surface area (Å²) >= 11 is 2.98. The van der Waals surface area contributed by atoms with Gasteiger partial charge < -0.3 is 11.1 Å². The first kappa shape index (κ1) is 14.9. The molecule has 9 heteroatoms. The van der Waals surface area contributed by atoms with Crippen molar-refractivity contribution in [3.63, 3.8) is 0 Å². The lowest BCUT2D eigenvalue weighted by molar-refractivity contribution is -0.385. The summed E-state index contributed by atoms with van der Waals surface area (Å²) in [6.45, 7) is 0. The molecule has 0 radical (unpaired) electrons. The van der Waals surface area contributed by atoms with Crippen molar-refractivity contribution >= 4 is 39.0 Å². The maximum atomic E-state index is 13.1. The van der Waals surface area contributed by atoms with Crippen LogP contribution in [-0.4, -0.2) is 15.8 Å². The number of carbonyl (C=O) groups is 1. The highest BCUT2D eigenvalue weighted by molar-refractivity contribution is 9.10. The molecular weight excluding hydrogens is 347 g/mol. The first-order chi connectivity index (χ1) is 9.88. The lowest BCUT2D eigenvalue weighted by Gasteiger charge is -2.07. The molecule has 0 saturated heterocycles. The number of benzene rings is 1. The Morgan fingerprint density at radius 1 is 1.43 bits per heavy atom. The molecule has 2 rings (SSSR count). The van der Waals surface area contributed by atoms with Crippen LogP contribution < -0.4 is 11.1 Å². The number of nitrogens with zero attached hydrogens (tertiary/aromatic N) is 2. The Morgan fingerprint density at radius 2 is 2.14 bits per heavy atom. The average molecular weight is 355 g/mol. The summed E-state index contributed by atoms with van der Waals surface area (Å²) in [7, 11) is 0. The largest absolute Gasteiger partial charge is 0.383 e. The predicted octanol–water partition coefficient (Wildman–Crippen LogP) is 2.73. The van der Waals surface area contributed by atoms with E-state index in [1.54, 1.807) is 0 Å². The van der Waals surface area contributed by atoms with Crippen LogP contribution in [0.5, 0.6) is 0 Å². The fraction of sp³-hybridized carbons (Fsp3) is 0. The maximum Gasteiger partial charge on any atom is 0.288 e. The molecule has 1 aromatic heterocycles. The average Bonchev–Trinajstić information content (AvgIpc) is 2.43. The van der Waals surface area contributed by atoms with Gasteiger partial charge in [-0.05, 0) is 34.1 Å². The fourth-order valence-corrected chi connectivity index (χ4v) is 1.90. The molecule has 0 fully saturated rings. The van der Waals surface area contributed by atoms with E-state index in [0.29, 0.717) is 5.69 Å². The van der Waals surface area contributed by atoms with E-state index in [0.717, 1.165) is 18.3 Å². The molecule has 0 spiro atoms. The van der Waals surface area contributed by atoms with Crippen LogP contribution in [0.3, 0.4) is 0 Å². The van der Waals surface area contributed by atoms with Crippen LogP contribution in [-0.2, 0) is 0 Å². The van der Waals surface area contributed by atoms with Crippen molar-refractivity contribution < 1.29 is 14.1 Å². The number of halogens is 2. The molecular formula is C12H8BrFN4O3. The highest BCUT2D eigenvalue weighted by Gasteiger charge is 2.17. The molecule has 0 atom stereocenters. The summed E-state index contributed by atoms with van der Waals surface area (Å²) in [4.78, 5) is 25.6. The third-order valence-corrected chi connectivity index (χ3v) is 3.14. The van der Waals surface area contributed by atoms with Crippen LogP contribution >= 0.6 is 15.9 Å². The SMILES string of the molecule is Nc1ncc([N+](=O)[O-])cc1C(=O)Nc1ccc(F)c(Br)c1. The summed E-state index contributed by atoms with van der Waals surface area (Å²) in [5.74, 6) is -1.30. The molecule has 7 nitrogen and oxygen atoms in total. The number of carbonyl (C=O) groups excluding carboxylic acids is 1. The van der Waals surface area contributed by atoms with Crippen LogP contribution in [0.15, 0.2) is 34.9 Å². The minimum Gasteiger partial charge on any atom is -0.383 e. The number of hydrogen-bond donors (Lipinski definition) is 2. The molecule has 0 aliphatic carbocycles. The molecule has 1 aromatic carbocycles. The number of hydrogen-bond acceptors (Lipinski definition) is 5. The lowest BCUT2D eigenvalue weighted by Crippen LogP contribution is -2.15. The second-order valence-electron chi connectivity index (χ2n) is 3.97. The molecule has 0 aliphatic rings. The Balaban J connectivity index is 2.29. The molecule has 0 unspecified atom stereocenters. The van der Waals surface area contributed by atoms with E-state index < -0.39 is 16.6 Å². The smallest absolute Gasteiger partial charge is 0.288 e. The first-order valence-corrected chi connectivity index (χ1v) is 6.34. The van der Waals surface area contributed by atoms with E-state index in [4.69, 9.17) is 5.73 Å². The summed E-state index contributed by atoms with van der Waals surface area (Å²) in [6, 6.07) is 4.89. The summed E-state index contributed by atoms with van der Waals surface area (Å²) < 4.78 is 13.3. The van der Waals surface area contributed by atoms with Gasteiger partial charge in [-0.15, -0.1) is 0 Å². The van der Waals surface area contributed by atoms with Crippen molar-refractivity contribution in [2.75, 3.05) is 11.1 Å². The number of pyridine rings is 1. The maximum absolute atomic E-state index is 13.1. The Kier molecular flexibility index (Phi) is 4.13. The van der Waals surface area contributed by atoms with E-state index in [1.165, 1.54) is 12.1 Å². The van der Waals surface area contributed by atoms with Crippen molar-refractivity contribution in [1.29, 1.82) is 0 Å². The number of anilines is 2. The monoisotopic (exact) mass is 354 g/mol. The molecule has 0 bridgehead atoms. The van der Waals surface area contributed by atoms with Crippen LogP contribution in [0.2, 0.25) is 0 Å². The van der Waals surface area contributed by atoms with Gasteiger partial charge in [-0.3, -0.25) is 14.9 Å². The third kappa shape index (κ3) is 3.31. The van der Waals surface area contributed by atoms with Gasteiger partial charge in [0.15, 0.2) is 0 Å². The van der Waals surface area contributed by atoms with Crippen molar-refractivity contribution in [2.45, 2.75) is 0 Å². The molecule has 21 heavy (non-hydrogen) atoms. The second-order valence-corrected chi connectivity index (χ2v) is 4.82. The minimum atomic E-state index is -0.683. The Bertz CT molecular complexity index is 738. The summed E-state index contributed by atoms with van der Waals surface area (Å²) in [6.07, 6.45) is 0.959. The Morgan fingerprint density at radius 3 is 2.76 bits per heavy atom. The van der Waals surface area contributed by atoms with Gasteiger partial charge in [-0.1, -0.05) is 0 Å². The van der Waals surface area contributed by atoms with Gasteiger partial charge in [0.05, 0.1) is 15.0 Å². The summed E-state index contributed by atoms with van der Waals surface area (Å²) in [5.41, 5.74) is 5.35. The van der Waals surface area contributed by atoms with Gasteiger partial charge in [0.1, 0.15) is 17.8 Å². The van der Waals surface area contributed by atoms with Crippen molar-refractivity contribution in [2.24, 2.45) is 0 Å². The zero-order valence-corrected chi connectivity index (χ0v) is 11.9. The number of nitrogens with two attached hydrogens (primary N) is 1. The minimum absolute atomic E-state index is 0.135. The zero-order valence-electron chi connectivity index (χ0n) is 10.3. The first-order valence-electron chi connectivity index (χ1n) is 5.55. The van der Waals surface area contributed by atoms with Crippen LogP contribution in [0.4, 0.5) is 21.6 Å². The van der Waals surface area contributed by atoms with Crippen molar-refractivity contribution in [3.8, 4) is 0 Å². The lowest BCUT2D eigenvalue weighted by atomic mass is 10.2. The highest BCUT2D eigenvalue weighted by atomic mass is 79.9. The van der Waals surface area contributed by atoms with Crippen LogP contribution in [0.25, 0.3) is 0 Å². The molecule has 1 heterocycles. The van der Waals surface area contributed by atoms with E-state index in [2.05, 4.69) is 26.2 Å². The van der Waals surface area contributed by atoms with Gasteiger partial charge in [0.25, 0.3) is 11.6 Å². The number of nitro groups is 1. The third-order valence-electron chi connectivity index (χ3n) is 2.54. The van der Waals surface area contributed by atoms with E-state index >= 15 is 0 Å². The quantitative estimate of drug-likeness (QED) is 0.650. The normalized spacial score (nSPS) is 10.2. The number of aromatic nitrogens is 1. The predicted molar refractivity (Wildman–Crippen MR) is 77.4 cm³/mol. The molecule has 1 amide bonds. The molecule has 3 N–H and O–H groups in total. The van der Waals surface area contributed by atoms with Crippen LogP contribution in [0.1, 0.15) is 10.4 Å². The number of amides is 1. The zero-order chi connectivity index (χ0) is 15.6. The Labute approximate surface area is 126 Å². The molecule has 108 valence electrons. The van der Waals surface area contributed by atoms with Gasteiger partial charge in [-0.25, -0.2) is 9.37 Å². The molecule has 0 saturated carbocycles. The van der Waals surface area contributed by atoms with E-state index in [-0.39, 0.29) is 21.5 Å². The second kappa shape index (κ2) is 5.83. The topological polar surface area (TPSA) is 111 Å². The van der Waals surface area contributed by atoms with Gasteiger partial charge in [0.2, 0.25) is 0 Å². The number of rotatable bonds is 3. The number of nitrogens with one attached hydrogen (secondary N) is 1. The van der Waals surface area contributed by atoms with Gasteiger partial charge >= 0.3 is 0 Å². The fourth-order valence-electron chi connectivity index (χ4n) is 1.52. The molecule has 0 aliphatic heterocycles. The van der Waals surface area contributed by atoms with E-state index in [9.17, 15) is 19.3 Å². The Hall–Kier alpha value is -2.55. The highest BCUT2D eigenvalue weighted by Crippen LogP contribution is 2.22. The summed E-state index contributed by atoms with van der Waals surface area (Å²) in [5, 5.41) is 13.1. The standard InChI is InChI=1S/C12H8BrFN4O3/c13-9-3-6(1-2-10(9)14)17-12(19)8-4-7(18(20)21)5-16-11(8)15/h1-5H,(H2,15,16)(H,17,19). The van der Waals surface area contributed by atoms with Gasteiger partial charge in [0, 0.05) is 11.8 Å².